The summed E-state index contributed by atoms with van der Waals surface area (Å²) in [7, 11) is 1.69. The van der Waals surface area contributed by atoms with Crippen molar-refractivity contribution in [1.29, 1.82) is 0 Å². The van der Waals surface area contributed by atoms with Crippen LogP contribution in [0.25, 0.3) is 0 Å². The molecule has 0 spiro atoms. The molecule has 1 heterocycles. The molecule has 0 aliphatic carbocycles. The van der Waals surface area contributed by atoms with Gasteiger partial charge in [-0.05, 0) is 18.2 Å². The van der Waals surface area contributed by atoms with Crippen molar-refractivity contribution in [3.63, 3.8) is 0 Å². The van der Waals surface area contributed by atoms with E-state index in [9.17, 15) is 8.78 Å². The van der Waals surface area contributed by atoms with Gasteiger partial charge in [0.15, 0.2) is 0 Å². The van der Waals surface area contributed by atoms with Gasteiger partial charge in [-0.3, -0.25) is 0 Å². The van der Waals surface area contributed by atoms with Gasteiger partial charge in [-0.1, -0.05) is 0 Å². The Bertz CT molecular complexity index is 588. The Morgan fingerprint density at radius 1 is 1.16 bits per heavy atom. The zero-order valence-electron chi connectivity index (χ0n) is 10.2. The highest BCUT2D eigenvalue weighted by molar-refractivity contribution is 5.50. The van der Waals surface area contributed by atoms with Crippen LogP contribution in [0.3, 0.4) is 0 Å². The molecular weight excluding hydrogens is 252 g/mol. The maximum Gasteiger partial charge on any atom is 0.223 e. The van der Waals surface area contributed by atoms with E-state index in [1.165, 1.54) is 0 Å². The summed E-state index contributed by atoms with van der Waals surface area (Å²) in [6, 6.07) is 4.90. The largest absolute Gasteiger partial charge is 0.373 e. The lowest BCUT2D eigenvalue weighted by Gasteiger charge is -2.09. The second kappa shape index (κ2) is 5.47. The number of benzene rings is 1. The minimum absolute atomic E-state index is 0.0917. The predicted molar refractivity (Wildman–Crippen MR) is 69.7 cm³/mol. The van der Waals surface area contributed by atoms with E-state index in [-0.39, 0.29) is 18.1 Å². The molecule has 2 rings (SSSR count). The number of nitrogens with zero attached hydrogens (tertiary/aromatic N) is 2. The summed E-state index contributed by atoms with van der Waals surface area (Å²) in [6.07, 6.45) is 0. The lowest BCUT2D eigenvalue weighted by Crippen LogP contribution is -2.07. The molecule has 0 atom stereocenters. The van der Waals surface area contributed by atoms with Crippen molar-refractivity contribution in [3.05, 3.63) is 41.5 Å². The molecule has 0 fully saturated rings. The third kappa shape index (κ3) is 3.27. The fraction of sp³-hybridized carbons (Fsp3) is 0.167. The standard InChI is InChI=1S/C12H13F2N5/c1-16-10-5-11(19-12(15)18-10)17-6-7-4-8(13)2-3-9(7)14/h2-5H,6H2,1H3,(H4,15,16,17,18,19). The molecular formula is C12H13F2N5. The van der Waals surface area contributed by atoms with Crippen molar-refractivity contribution in [3.8, 4) is 0 Å². The van der Waals surface area contributed by atoms with Gasteiger partial charge in [0.25, 0.3) is 0 Å². The van der Waals surface area contributed by atoms with Crippen LogP contribution in [0.5, 0.6) is 0 Å². The second-order valence-corrected chi connectivity index (χ2v) is 3.84. The number of anilines is 3. The van der Waals surface area contributed by atoms with E-state index in [1.54, 1.807) is 13.1 Å². The van der Waals surface area contributed by atoms with Crippen LogP contribution in [0.4, 0.5) is 26.4 Å². The summed E-state index contributed by atoms with van der Waals surface area (Å²) in [6.45, 7) is 0.100. The number of hydrogen-bond acceptors (Lipinski definition) is 5. The number of rotatable bonds is 4. The molecule has 0 aliphatic heterocycles. The molecule has 7 heteroatoms. The van der Waals surface area contributed by atoms with Crippen molar-refractivity contribution >= 4 is 17.6 Å². The van der Waals surface area contributed by atoms with Crippen molar-refractivity contribution < 1.29 is 8.78 Å². The average molecular weight is 265 g/mol. The van der Waals surface area contributed by atoms with Gasteiger partial charge in [0.2, 0.25) is 5.95 Å². The molecule has 19 heavy (non-hydrogen) atoms. The third-order valence-corrected chi connectivity index (χ3v) is 2.47. The van der Waals surface area contributed by atoms with Crippen LogP contribution in [0.15, 0.2) is 24.3 Å². The second-order valence-electron chi connectivity index (χ2n) is 3.84. The lowest BCUT2D eigenvalue weighted by molar-refractivity contribution is 0.587. The Morgan fingerprint density at radius 2 is 1.89 bits per heavy atom. The molecule has 4 N–H and O–H groups in total. The highest BCUT2D eigenvalue weighted by atomic mass is 19.1. The van der Waals surface area contributed by atoms with E-state index in [0.29, 0.717) is 11.6 Å². The fourth-order valence-electron chi connectivity index (χ4n) is 1.55. The van der Waals surface area contributed by atoms with Crippen LogP contribution in [-0.2, 0) is 6.54 Å². The zero-order valence-corrected chi connectivity index (χ0v) is 10.2. The van der Waals surface area contributed by atoms with Gasteiger partial charge in [0, 0.05) is 25.2 Å². The molecule has 2 aromatic rings. The molecule has 0 saturated carbocycles. The first kappa shape index (κ1) is 13.0. The van der Waals surface area contributed by atoms with Crippen LogP contribution in [-0.4, -0.2) is 17.0 Å². The summed E-state index contributed by atoms with van der Waals surface area (Å²) in [5.41, 5.74) is 5.73. The normalized spacial score (nSPS) is 10.3. The van der Waals surface area contributed by atoms with Gasteiger partial charge < -0.3 is 16.4 Å². The minimum Gasteiger partial charge on any atom is -0.373 e. The summed E-state index contributed by atoms with van der Waals surface area (Å²) in [5, 5.41) is 5.69. The van der Waals surface area contributed by atoms with Gasteiger partial charge >= 0.3 is 0 Å². The molecule has 0 aliphatic rings. The van der Waals surface area contributed by atoms with E-state index in [0.717, 1.165) is 18.2 Å². The Kier molecular flexibility index (Phi) is 3.74. The number of aromatic nitrogens is 2. The predicted octanol–water partition coefficient (Wildman–Crippen LogP) is 1.99. The van der Waals surface area contributed by atoms with Gasteiger partial charge in [0.1, 0.15) is 23.3 Å². The van der Waals surface area contributed by atoms with E-state index >= 15 is 0 Å². The van der Waals surface area contributed by atoms with Gasteiger partial charge in [-0.25, -0.2) is 8.78 Å². The van der Waals surface area contributed by atoms with Crippen LogP contribution >= 0.6 is 0 Å². The van der Waals surface area contributed by atoms with Gasteiger partial charge in [0.05, 0.1) is 0 Å². The third-order valence-electron chi connectivity index (χ3n) is 2.47. The number of halogens is 2. The smallest absolute Gasteiger partial charge is 0.223 e. The van der Waals surface area contributed by atoms with Gasteiger partial charge in [-0.2, -0.15) is 9.97 Å². The quantitative estimate of drug-likeness (QED) is 0.788. The Hall–Kier alpha value is -2.44. The van der Waals surface area contributed by atoms with Crippen LogP contribution in [0.2, 0.25) is 0 Å². The zero-order chi connectivity index (χ0) is 13.8. The van der Waals surface area contributed by atoms with E-state index < -0.39 is 11.6 Å². The maximum absolute atomic E-state index is 13.4. The summed E-state index contributed by atoms with van der Waals surface area (Å²) >= 11 is 0. The number of nitrogen functional groups attached to an aromatic ring is 1. The van der Waals surface area contributed by atoms with Crippen molar-refractivity contribution in [2.24, 2.45) is 0 Å². The first-order valence-corrected chi connectivity index (χ1v) is 5.58. The molecule has 1 aromatic carbocycles. The molecule has 5 nitrogen and oxygen atoms in total. The highest BCUT2D eigenvalue weighted by Gasteiger charge is 2.05. The van der Waals surface area contributed by atoms with E-state index in [1.807, 2.05) is 0 Å². The minimum atomic E-state index is -0.490. The molecule has 100 valence electrons. The highest BCUT2D eigenvalue weighted by Crippen LogP contribution is 2.15. The van der Waals surface area contributed by atoms with Crippen molar-refractivity contribution in [1.82, 2.24) is 9.97 Å². The lowest BCUT2D eigenvalue weighted by atomic mass is 10.2. The van der Waals surface area contributed by atoms with Crippen LogP contribution in [0.1, 0.15) is 5.56 Å². The number of hydrogen-bond donors (Lipinski definition) is 3. The number of nitrogens with one attached hydrogen (secondary N) is 2. The average Bonchev–Trinajstić information content (AvgIpc) is 2.39. The van der Waals surface area contributed by atoms with E-state index in [4.69, 9.17) is 5.73 Å². The Balaban J connectivity index is 2.14. The molecule has 0 bridgehead atoms. The van der Waals surface area contributed by atoms with Crippen molar-refractivity contribution in [2.75, 3.05) is 23.4 Å². The molecule has 0 radical (unpaired) electrons. The van der Waals surface area contributed by atoms with Crippen LogP contribution < -0.4 is 16.4 Å². The number of nitrogens with two attached hydrogens (primary N) is 1. The van der Waals surface area contributed by atoms with Gasteiger partial charge in [-0.15, -0.1) is 0 Å². The Labute approximate surface area is 108 Å². The van der Waals surface area contributed by atoms with E-state index in [2.05, 4.69) is 20.6 Å². The molecule has 1 aromatic heterocycles. The first-order valence-electron chi connectivity index (χ1n) is 5.58. The first-order chi connectivity index (χ1) is 9.08. The summed E-state index contributed by atoms with van der Waals surface area (Å²) in [4.78, 5) is 7.87. The summed E-state index contributed by atoms with van der Waals surface area (Å²) < 4.78 is 26.4. The maximum atomic E-state index is 13.4. The Morgan fingerprint density at radius 3 is 2.63 bits per heavy atom. The summed E-state index contributed by atoms with van der Waals surface area (Å²) in [5.74, 6) is 0.0883. The monoisotopic (exact) mass is 265 g/mol. The molecule has 0 saturated heterocycles. The topological polar surface area (TPSA) is 75.9 Å². The van der Waals surface area contributed by atoms with Crippen molar-refractivity contribution in [2.45, 2.75) is 6.54 Å². The molecule has 0 unspecified atom stereocenters. The molecule has 0 amide bonds. The fourth-order valence-corrected chi connectivity index (χ4v) is 1.55. The van der Waals surface area contributed by atoms with Crippen LogP contribution in [0, 0.1) is 11.6 Å². The SMILES string of the molecule is CNc1cc(NCc2cc(F)ccc2F)nc(N)n1.